The highest BCUT2D eigenvalue weighted by Gasteiger charge is 2.28. The second-order valence-corrected chi connectivity index (χ2v) is 10.5. The second-order valence-electron chi connectivity index (χ2n) is 9.04. The molecule has 0 radical (unpaired) electrons. The van der Waals surface area contributed by atoms with Gasteiger partial charge in [0, 0.05) is 39.6 Å². The summed E-state index contributed by atoms with van der Waals surface area (Å²) in [6.07, 6.45) is 6.36. The zero-order valence-corrected chi connectivity index (χ0v) is 19.6. The average Bonchev–Trinajstić information content (AvgIpc) is 2.84. The Hall–Kier alpha value is -2.21. The number of fused-ring (bicyclic) bond motifs is 4. The maximum atomic E-state index is 13.6. The molecule has 0 spiro atoms. The highest BCUT2D eigenvalue weighted by molar-refractivity contribution is 7.25. The Morgan fingerprint density at radius 3 is 2.53 bits per heavy atom. The number of hydrogen-bond donors (Lipinski definition) is 0. The lowest BCUT2D eigenvalue weighted by Gasteiger charge is -2.40. The van der Waals surface area contributed by atoms with Crippen molar-refractivity contribution < 1.29 is 0 Å². The van der Waals surface area contributed by atoms with Gasteiger partial charge < -0.3 is 9.80 Å². The largest absolute Gasteiger partial charge is 0.355 e. The monoisotopic (exact) mass is 463 g/mol. The van der Waals surface area contributed by atoms with Gasteiger partial charge in [0.2, 0.25) is 0 Å². The minimum atomic E-state index is 0.0773. The zero-order chi connectivity index (χ0) is 21.7. The summed E-state index contributed by atoms with van der Waals surface area (Å²) in [5, 5.41) is 3.12. The molecule has 2 aromatic carbocycles. The van der Waals surface area contributed by atoms with Gasteiger partial charge in [0.1, 0.15) is 5.82 Å². The number of nitrogens with zero attached hydrogens (tertiary/aromatic N) is 3. The lowest BCUT2D eigenvalue weighted by Crippen LogP contribution is -2.47. The number of piperidine rings is 2. The van der Waals surface area contributed by atoms with E-state index in [4.69, 9.17) is 16.6 Å². The lowest BCUT2D eigenvalue weighted by molar-refractivity contribution is 0.141. The molecule has 32 heavy (non-hydrogen) atoms. The van der Waals surface area contributed by atoms with Crippen LogP contribution in [0.4, 0.5) is 5.82 Å². The van der Waals surface area contributed by atoms with Gasteiger partial charge in [-0.2, -0.15) is 0 Å². The molecule has 0 atom stereocenters. The Labute approximate surface area is 196 Å². The number of rotatable bonds is 2. The van der Waals surface area contributed by atoms with Crippen LogP contribution in [0.5, 0.6) is 0 Å². The Morgan fingerprint density at radius 2 is 1.72 bits per heavy atom. The van der Waals surface area contributed by atoms with Gasteiger partial charge in [0.05, 0.1) is 15.6 Å². The summed E-state index contributed by atoms with van der Waals surface area (Å²) in [7, 11) is 0. The number of pyridine rings is 1. The van der Waals surface area contributed by atoms with E-state index in [1.165, 1.54) is 32.4 Å². The number of para-hydroxylation sites is 1. The van der Waals surface area contributed by atoms with Crippen molar-refractivity contribution in [2.45, 2.75) is 38.1 Å². The maximum Gasteiger partial charge on any atom is 0.196 e. The van der Waals surface area contributed by atoms with Gasteiger partial charge in [-0.15, -0.1) is 11.3 Å². The molecule has 4 heterocycles. The van der Waals surface area contributed by atoms with Crippen LogP contribution in [0, 0.1) is 0 Å². The molecule has 0 bridgehead atoms. The Bertz CT molecular complexity index is 1370. The summed E-state index contributed by atoms with van der Waals surface area (Å²) in [6, 6.07) is 14.3. The third-order valence-electron chi connectivity index (χ3n) is 7.13. The number of halogens is 1. The molecular formula is C26H26ClN3OS. The first kappa shape index (κ1) is 20.4. The van der Waals surface area contributed by atoms with Crippen LogP contribution >= 0.6 is 22.9 Å². The molecule has 0 aliphatic carbocycles. The highest BCUT2D eigenvalue weighted by atomic mass is 35.5. The standard InChI is InChI=1S/C26H26ClN3OS/c27-17-8-9-20-22(16-17)32-25-23(24(20)31)19-6-2-3-7-21(19)28-26(25)30-14-10-18(11-15-30)29-12-4-1-5-13-29/h2-3,6-9,16,18H,1,4-5,10-15H2. The maximum absolute atomic E-state index is 13.6. The van der Waals surface area contributed by atoms with Crippen LogP contribution in [0.3, 0.4) is 0 Å². The third kappa shape index (κ3) is 3.47. The van der Waals surface area contributed by atoms with Crippen molar-refractivity contribution in [2.24, 2.45) is 0 Å². The minimum Gasteiger partial charge on any atom is -0.355 e. The molecule has 4 nitrogen and oxygen atoms in total. The molecule has 2 aliphatic heterocycles. The van der Waals surface area contributed by atoms with Gasteiger partial charge in [0.15, 0.2) is 5.43 Å². The van der Waals surface area contributed by atoms with Crippen LogP contribution in [-0.4, -0.2) is 42.1 Å². The van der Waals surface area contributed by atoms with Crippen LogP contribution in [-0.2, 0) is 0 Å². The molecule has 2 aromatic heterocycles. The normalized spacial score (nSPS) is 18.7. The van der Waals surface area contributed by atoms with Crippen LogP contribution in [0.15, 0.2) is 47.3 Å². The molecule has 6 rings (SSSR count). The minimum absolute atomic E-state index is 0.0773. The Balaban J connectivity index is 1.47. The summed E-state index contributed by atoms with van der Waals surface area (Å²) in [4.78, 5) is 23.8. The SMILES string of the molecule is O=c1c2ccc(Cl)cc2sc2c(N3CCC(N4CCCCC4)CC3)nc3ccccc3c12. The Kier molecular flexibility index (Phi) is 5.28. The van der Waals surface area contributed by atoms with Crippen molar-refractivity contribution in [3.05, 3.63) is 57.7 Å². The molecule has 0 N–H and O–H groups in total. The van der Waals surface area contributed by atoms with Gasteiger partial charge >= 0.3 is 0 Å². The molecule has 2 fully saturated rings. The van der Waals surface area contributed by atoms with E-state index in [9.17, 15) is 4.79 Å². The molecule has 164 valence electrons. The first-order chi connectivity index (χ1) is 15.7. The summed E-state index contributed by atoms with van der Waals surface area (Å²) < 4.78 is 1.91. The summed E-state index contributed by atoms with van der Waals surface area (Å²) in [5.74, 6) is 0.958. The van der Waals surface area contributed by atoms with Crippen LogP contribution in [0.25, 0.3) is 31.1 Å². The Morgan fingerprint density at radius 1 is 0.938 bits per heavy atom. The van der Waals surface area contributed by atoms with E-state index in [2.05, 4.69) is 9.80 Å². The number of aromatic nitrogens is 1. The quantitative estimate of drug-likeness (QED) is 0.267. The fourth-order valence-electron chi connectivity index (χ4n) is 5.46. The van der Waals surface area contributed by atoms with Crippen molar-refractivity contribution in [1.82, 2.24) is 9.88 Å². The highest BCUT2D eigenvalue weighted by Crippen LogP contribution is 2.37. The summed E-state index contributed by atoms with van der Waals surface area (Å²) >= 11 is 7.91. The fraction of sp³-hybridized carbons (Fsp3) is 0.385. The van der Waals surface area contributed by atoms with Gasteiger partial charge in [-0.3, -0.25) is 4.79 Å². The molecule has 0 amide bonds. The topological polar surface area (TPSA) is 36.4 Å². The van der Waals surface area contributed by atoms with Crippen LogP contribution in [0.2, 0.25) is 5.02 Å². The molecule has 0 unspecified atom stereocenters. The zero-order valence-electron chi connectivity index (χ0n) is 18.0. The van der Waals surface area contributed by atoms with Crippen molar-refractivity contribution in [1.29, 1.82) is 0 Å². The third-order valence-corrected chi connectivity index (χ3v) is 8.51. The van der Waals surface area contributed by atoms with E-state index < -0.39 is 0 Å². The molecule has 2 aliphatic rings. The summed E-state index contributed by atoms with van der Waals surface area (Å²) in [5.41, 5.74) is 0.972. The van der Waals surface area contributed by atoms with E-state index in [1.54, 1.807) is 17.4 Å². The second kappa shape index (κ2) is 8.29. The van der Waals surface area contributed by atoms with Crippen molar-refractivity contribution in [3.63, 3.8) is 0 Å². The first-order valence-corrected chi connectivity index (χ1v) is 12.8. The predicted octanol–water partition coefficient (Wildman–Crippen LogP) is 6.07. The smallest absolute Gasteiger partial charge is 0.196 e. The van der Waals surface area contributed by atoms with Gasteiger partial charge in [0.25, 0.3) is 0 Å². The number of hydrogen-bond acceptors (Lipinski definition) is 5. The fourth-order valence-corrected chi connectivity index (χ4v) is 6.94. The van der Waals surface area contributed by atoms with E-state index >= 15 is 0 Å². The molecule has 4 aromatic rings. The van der Waals surface area contributed by atoms with E-state index in [0.29, 0.717) is 11.1 Å². The van der Waals surface area contributed by atoms with E-state index in [0.717, 1.165) is 62.8 Å². The first-order valence-electron chi connectivity index (χ1n) is 11.6. The van der Waals surface area contributed by atoms with Gasteiger partial charge in [-0.25, -0.2) is 4.98 Å². The van der Waals surface area contributed by atoms with Crippen LogP contribution < -0.4 is 10.3 Å². The van der Waals surface area contributed by atoms with E-state index in [-0.39, 0.29) is 5.43 Å². The van der Waals surface area contributed by atoms with Crippen molar-refractivity contribution in [2.75, 3.05) is 31.1 Å². The van der Waals surface area contributed by atoms with Gasteiger partial charge in [-0.05, 0) is 63.0 Å². The molecule has 2 saturated heterocycles. The van der Waals surface area contributed by atoms with Crippen molar-refractivity contribution >= 4 is 59.8 Å². The average molecular weight is 464 g/mol. The van der Waals surface area contributed by atoms with Crippen molar-refractivity contribution in [3.8, 4) is 0 Å². The van der Waals surface area contributed by atoms with Crippen LogP contribution in [0.1, 0.15) is 32.1 Å². The van der Waals surface area contributed by atoms with Gasteiger partial charge in [-0.1, -0.05) is 36.2 Å². The summed E-state index contributed by atoms with van der Waals surface area (Å²) in [6.45, 7) is 4.46. The number of benzene rings is 2. The predicted molar refractivity (Wildman–Crippen MR) is 137 cm³/mol. The molecule has 6 heteroatoms. The van der Waals surface area contributed by atoms with E-state index in [1.807, 2.05) is 36.4 Å². The number of anilines is 1. The number of likely N-dealkylation sites (tertiary alicyclic amines) is 1. The lowest BCUT2D eigenvalue weighted by atomic mass is 9.99. The molecular weight excluding hydrogens is 438 g/mol. The molecule has 0 saturated carbocycles.